The maximum atomic E-state index is 8.76. The summed E-state index contributed by atoms with van der Waals surface area (Å²) in [7, 11) is 0. The third-order valence-corrected chi connectivity index (χ3v) is 3.44. The minimum atomic E-state index is 0.240. The highest BCUT2D eigenvalue weighted by Crippen LogP contribution is 2.35. The van der Waals surface area contributed by atoms with Crippen LogP contribution in [0.25, 0.3) is 0 Å². The Hall–Kier alpha value is -1.69. The summed E-state index contributed by atoms with van der Waals surface area (Å²) in [5, 5.41) is 8.76. The molecule has 0 N–H and O–H groups in total. The Kier molecular flexibility index (Phi) is 4.09. The van der Waals surface area contributed by atoms with Crippen LogP contribution in [0.1, 0.15) is 32.3 Å². The lowest BCUT2D eigenvalue weighted by Crippen LogP contribution is -2.40. The SMILES string of the molecule is CCc1ccc2c(c1)N(CCC#N)CC(CC)O2. The van der Waals surface area contributed by atoms with Gasteiger partial charge in [-0.3, -0.25) is 0 Å². The van der Waals surface area contributed by atoms with Crippen molar-refractivity contribution in [3.05, 3.63) is 23.8 Å². The Balaban J connectivity index is 2.28. The average molecular weight is 244 g/mol. The van der Waals surface area contributed by atoms with E-state index in [2.05, 4.69) is 43.0 Å². The number of fused-ring (bicyclic) bond motifs is 1. The van der Waals surface area contributed by atoms with Crippen molar-refractivity contribution in [1.82, 2.24) is 0 Å². The van der Waals surface area contributed by atoms with E-state index in [4.69, 9.17) is 10.00 Å². The Morgan fingerprint density at radius 3 is 2.94 bits per heavy atom. The van der Waals surface area contributed by atoms with Crippen LogP contribution in [0.4, 0.5) is 5.69 Å². The topological polar surface area (TPSA) is 36.3 Å². The molecule has 2 rings (SSSR count). The quantitative estimate of drug-likeness (QED) is 0.816. The van der Waals surface area contributed by atoms with Gasteiger partial charge >= 0.3 is 0 Å². The molecule has 1 atom stereocenters. The lowest BCUT2D eigenvalue weighted by Gasteiger charge is -2.36. The molecule has 0 fully saturated rings. The summed E-state index contributed by atoms with van der Waals surface area (Å²) in [6.45, 7) is 5.97. The van der Waals surface area contributed by atoms with Crippen molar-refractivity contribution in [2.45, 2.75) is 39.2 Å². The van der Waals surface area contributed by atoms with Crippen molar-refractivity contribution in [3.8, 4) is 11.8 Å². The van der Waals surface area contributed by atoms with Gasteiger partial charge in [0.1, 0.15) is 11.9 Å². The van der Waals surface area contributed by atoms with E-state index in [9.17, 15) is 0 Å². The maximum absolute atomic E-state index is 8.76. The number of anilines is 1. The van der Waals surface area contributed by atoms with Crippen molar-refractivity contribution in [3.63, 3.8) is 0 Å². The summed E-state index contributed by atoms with van der Waals surface area (Å²) in [6.07, 6.45) is 2.82. The first-order valence-corrected chi connectivity index (χ1v) is 6.70. The predicted molar refractivity (Wildman–Crippen MR) is 73.0 cm³/mol. The highest BCUT2D eigenvalue weighted by atomic mass is 16.5. The zero-order chi connectivity index (χ0) is 13.0. The third-order valence-electron chi connectivity index (χ3n) is 3.44. The first-order chi connectivity index (χ1) is 8.78. The monoisotopic (exact) mass is 244 g/mol. The van der Waals surface area contributed by atoms with Gasteiger partial charge in [0.2, 0.25) is 0 Å². The van der Waals surface area contributed by atoms with Gasteiger partial charge in [-0.2, -0.15) is 5.26 Å². The number of nitrogens with zero attached hydrogens (tertiary/aromatic N) is 2. The summed E-state index contributed by atoms with van der Waals surface area (Å²) in [5.74, 6) is 0.961. The molecule has 0 saturated carbocycles. The molecule has 1 aromatic rings. The van der Waals surface area contributed by atoms with Gasteiger partial charge in [-0.1, -0.05) is 19.9 Å². The van der Waals surface area contributed by atoms with Crippen LogP contribution in [0.15, 0.2) is 18.2 Å². The van der Waals surface area contributed by atoms with Crippen molar-refractivity contribution >= 4 is 5.69 Å². The minimum Gasteiger partial charge on any atom is -0.486 e. The summed E-state index contributed by atoms with van der Waals surface area (Å²) in [6, 6.07) is 8.61. The van der Waals surface area contributed by atoms with Crippen LogP contribution in [0.5, 0.6) is 5.75 Å². The van der Waals surface area contributed by atoms with E-state index in [-0.39, 0.29) is 6.10 Å². The molecule has 0 amide bonds. The van der Waals surface area contributed by atoms with Gasteiger partial charge in [0, 0.05) is 6.54 Å². The molecule has 1 unspecified atom stereocenters. The summed E-state index contributed by atoms with van der Waals surface area (Å²) < 4.78 is 5.97. The largest absolute Gasteiger partial charge is 0.486 e. The van der Waals surface area contributed by atoms with Gasteiger partial charge in [0.25, 0.3) is 0 Å². The number of hydrogen-bond acceptors (Lipinski definition) is 3. The molecule has 18 heavy (non-hydrogen) atoms. The lowest BCUT2D eigenvalue weighted by atomic mass is 10.1. The number of hydrogen-bond donors (Lipinski definition) is 0. The van der Waals surface area contributed by atoms with Gasteiger partial charge < -0.3 is 9.64 Å². The summed E-state index contributed by atoms with van der Waals surface area (Å²) >= 11 is 0. The van der Waals surface area contributed by atoms with E-state index in [1.807, 2.05) is 0 Å². The zero-order valence-corrected chi connectivity index (χ0v) is 11.1. The maximum Gasteiger partial charge on any atom is 0.143 e. The fraction of sp³-hybridized carbons (Fsp3) is 0.533. The molecule has 0 radical (unpaired) electrons. The molecule has 0 aliphatic carbocycles. The molecule has 3 heteroatoms. The van der Waals surface area contributed by atoms with Gasteiger partial charge in [-0.25, -0.2) is 0 Å². The number of benzene rings is 1. The molecule has 1 heterocycles. The summed E-state index contributed by atoms with van der Waals surface area (Å²) in [5.41, 5.74) is 2.46. The van der Waals surface area contributed by atoms with Crippen molar-refractivity contribution in [2.75, 3.05) is 18.0 Å². The first-order valence-electron chi connectivity index (χ1n) is 6.70. The van der Waals surface area contributed by atoms with Crippen LogP contribution >= 0.6 is 0 Å². The molecule has 0 saturated heterocycles. The Morgan fingerprint density at radius 1 is 1.44 bits per heavy atom. The van der Waals surface area contributed by atoms with E-state index in [1.165, 1.54) is 5.56 Å². The molecule has 96 valence electrons. The minimum absolute atomic E-state index is 0.240. The highest BCUT2D eigenvalue weighted by molar-refractivity contribution is 5.61. The Morgan fingerprint density at radius 2 is 2.28 bits per heavy atom. The Bertz CT molecular complexity index is 450. The van der Waals surface area contributed by atoms with E-state index < -0.39 is 0 Å². The predicted octanol–water partition coefficient (Wildman–Crippen LogP) is 3.14. The molecule has 1 aromatic carbocycles. The Labute approximate surface area is 109 Å². The first kappa shape index (κ1) is 12.8. The van der Waals surface area contributed by atoms with Crippen LogP contribution < -0.4 is 9.64 Å². The van der Waals surface area contributed by atoms with Crippen molar-refractivity contribution in [1.29, 1.82) is 5.26 Å². The fourth-order valence-corrected chi connectivity index (χ4v) is 2.30. The van der Waals surface area contributed by atoms with Crippen LogP contribution in [0, 0.1) is 11.3 Å². The van der Waals surface area contributed by atoms with E-state index in [0.29, 0.717) is 6.42 Å². The van der Waals surface area contributed by atoms with Crippen molar-refractivity contribution < 1.29 is 4.74 Å². The van der Waals surface area contributed by atoms with E-state index >= 15 is 0 Å². The van der Waals surface area contributed by atoms with Gasteiger partial charge in [0.05, 0.1) is 24.7 Å². The zero-order valence-electron chi connectivity index (χ0n) is 11.1. The number of aryl methyl sites for hydroxylation is 1. The molecule has 0 spiro atoms. The molecule has 1 aliphatic rings. The highest BCUT2D eigenvalue weighted by Gasteiger charge is 2.24. The van der Waals surface area contributed by atoms with E-state index in [1.54, 1.807) is 0 Å². The number of ether oxygens (including phenoxy) is 1. The number of nitriles is 1. The number of rotatable bonds is 4. The van der Waals surface area contributed by atoms with Gasteiger partial charge in [-0.05, 0) is 30.5 Å². The van der Waals surface area contributed by atoms with Gasteiger partial charge in [-0.15, -0.1) is 0 Å². The van der Waals surface area contributed by atoms with Crippen LogP contribution in [-0.2, 0) is 6.42 Å². The standard InChI is InChI=1S/C15H20N2O/c1-3-12-6-7-15-14(10-12)17(9-5-8-16)11-13(4-2)18-15/h6-7,10,13H,3-5,9,11H2,1-2H3. The van der Waals surface area contributed by atoms with Crippen molar-refractivity contribution in [2.24, 2.45) is 0 Å². The average Bonchev–Trinajstić information content (AvgIpc) is 2.43. The second kappa shape index (κ2) is 5.77. The molecule has 0 aromatic heterocycles. The van der Waals surface area contributed by atoms with Crippen LogP contribution in [0.3, 0.4) is 0 Å². The second-order valence-electron chi connectivity index (χ2n) is 4.66. The molecule has 3 nitrogen and oxygen atoms in total. The van der Waals surface area contributed by atoms with Gasteiger partial charge in [0.15, 0.2) is 0 Å². The fourth-order valence-electron chi connectivity index (χ4n) is 2.30. The molecule has 0 bridgehead atoms. The normalized spacial score (nSPS) is 17.8. The van der Waals surface area contributed by atoms with Crippen LogP contribution in [-0.4, -0.2) is 19.2 Å². The third kappa shape index (κ3) is 2.59. The molecular weight excluding hydrogens is 224 g/mol. The van der Waals surface area contributed by atoms with Crippen LogP contribution in [0.2, 0.25) is 0 Å². The lowest BCUT2D eigenvalue weighted by molar-refractivity contribution is 0.189. The smallest absolute Gasteiger partial charge is 0.143 e. The molecular formula is C15H20N2O. The summed E-state index contributed by atoms with van der Waals surface area (Å²) in [4.78, 5) is 2.29. The second-order valence-corrected chi connectivity index (χ2v) is 4.66. The van der Waals surface area contributed by atoms with E-state index in [0.717, 1.165) is 37.4 Å². The molecule has 1 aliphatic heterocycles.